The summed E-state index contributed by atoms with van der Waals surface area (Å²) in [6.45, 7) is 4.59. The molecular formula is C7H16O4S. The van der Waals surface area contributed by atoms with Gasteiger partial charge in [0.15, 0.2) is 0 Å². The van der Waals surface area contributed by atoms with Gasteiger partial charge in [0.2, 0.25) is 0 Å². The maximum Gasteiger partial charge on any atom is 0.264 e. The summed E-state index contributed by atoms with van der Waals surface area (Å²) in [5, 5.41) is 0. The molecule has 0 aliphatic rings. The normalized spacial score (nSPS) is 12.3. The van der Waals surface area contributed by atoms with Crippen LogP contribution in [0, 0.1) is 0 Å². The predicted molar refractivity (Wildman–Crippen MR) is 46.5 cm³/mol. The van der Waals surface area contributed by atoms with Crippen molar-refractivity contribution in [1.82, 2.24) is 0 Å². The Morgan fingerprint density at radius 1 is 1.25 bits per heavy atom. The molecule has 0 atom stereocenters. The van der Waals surface area contributed by atoms with Gasteiger partial charge in [-0.25, -0.2) is 0 Å². The van der Waals surface area contributed by atoms with Gasteiger partial charge in [-0.2, -0.15) is 8.42 Å². The summed E-state index contributed by atoms with van der Waals surface area (Å²) in [6.07, 6.45) is 1.82. The average molecular weight is 196 g/mol. The number of hydrogen-bond acceptors (Lipinski definition) is 4. The molecule has 0 unspecified atom stereocenters. The van der Waals surface area contributed by atoms with Crippen LogP contribution < -0.4 is 0 Å². The van der Waals surface area contributed by atoms with Crippen LogP contribution in [0.2, 0.25) is 0 Å². The van der Waals surface area contributed by atoms with Gasteiger partial charge in [-0.15, -0.1) is 0 Å². The van der Waals surface area contributed by atoms with Crippen LogP contribution in [0.3, 0.4) is 0 Å². The van der Waals surface area contributed by atoms with E-state index in [0.717, 1.165) is 6.26 Å². The maximum absolute atomic E-state index is 10.5. The Morgan fingerprint density at radius 2 is 1.83 bits per heavy atom. The molecule has 4 nitrogen and oxygen atoms in total. The van der Waals surface area contributed by atoms with Gasteiger partial charge in [0.1, 0.15) is 0 Å². The predicted octanol–water partition coefficient (Wildman–Crippen LogP) is 0.778. The summed E-state index contributed by atoms with van der Waals surface area (Å²) >= 11 is 0. The van der Waals surface area contributed by atoms with Crippen molar-refractivity contribution in [2.24, 2.45) is 0 Å². The van der Waals surface area contributed by atoms with Crippen LogP contribution in [0.1, 0.15) is 20.3 Å². The highest BCUT2D eigenvalue weighted by Gasteiger charge is 2.00. The lowest BCUT2D eigenvalue weighted by Gasteiger charge is -2.06. The number of ether oxygens (including phenoxy) is 1. The van der Waals surface area contributed by atoms with E-state index in [-0.39, 0.29) is 12.7 Å². The zero-order valence-corrected chi connectivity index (χ0v) is 8.56. The first-order valence-electron chi connectivity index (χ1n) is 3.88. The second kappa shape index (κ2) is 5.50. The average Bonchev–Trinajstić information content (AvgIpc) is 1.83. The monoisotopic (exact) mass is 196 g/mol. The van der Waals surface area contributed by atoms with Crippen LogP contribution in [0.15, 0.2) is 0 Å². The van der Waals surface area contributed by atoms with E-state index in [4.69, 9.17) is 4.74 Å². The van der Waals surface area contributed by atoms with Gasteiger partial charge >= 0.3 is 0 Å². The van der Waals surface area contributed by atoms with Crippen LogP contribution in [0.25, 0.3) is 0 Å². The van der Waals surface area contributed by atoms with Gasteiger partial charge in [-0.05, 0) is 20.3 Å². The molecule has 0 aromatic carbocycles. The minimum absolute atomic E-state index is 0.184. The van der Waals surface area contributed by atoms with Crippen molar-refractivity contribution >= 4 is 10.1 Å². The molecule has 0 aromatic heterocycles. The Bertz CT molecular complexity index is 195. The van der Waals surface area contributed by atoms with E-state index >= 15 is 0 Å². The molecule has 5 heteroatoms. The molecule has 0 N–H and O–H groups in total. The van der Waals surface area contributed by atoms with Crippen LogP contribution in [0.5, 0.6) is 0 Å². The second-order valence-corrected chi connectivity index (χ2v) is 4.44. The minimum atomic E-state index is -3.28. The van der Waals surface area contributed by atoms with Gasteiger partial charge in [0, 0.05) is 6.61 Å². The molecule has 0 aromatic rings. The van der Waals surface area contributed by atoms with E-state index in [0.29, 0.717) is 13.0 Å². The summed E-state index contributed by atoms with van der Waals surface area (Å²) in [4.78, 5) is 0. The Kier molecular flexibility index (Phi) is 5.44. The van der Waals surface area contributed by atoms with Crippen LogP contribution in [-0.4, -0.2) is 34.0 Å². The van der Waals surface area contributed by atoms with Gasteiger partial charge < -0.3 is 4.74 Å². The standard InChI is InChI=1S/C7H16O4S/c1-7(2)10-5-4-6-11-12(3,8)9/h7H,4-6H2,1-3H3. The van der Waals surface area contributed by atoms with Crippen LogP contribution in [-0.2, 0) is 19.0 Å². The SMILES string of the molecule is CC(C)OCCCOS(C)(=O)=O. The molecule has 74 valence electrons. The molecular weight excluding hydrogens is 180 g/mol. The summed E-state index contributed by atoms with van der Waals surface area (Å²) < 4.78 is 30.6. The largest absolute Gasteiger partial charge is 0.379 e. The van der Waals surface area contributed by atoms with Gasteiger partial charge in [-0.3, -0.25) is 4.18 Å². The highest BCUT2D eigenvalue weighted by atomic mass is 32.2. The minimum Gasteiger partial charge on any atom is -0.379 e. The van der Waals surface area contributed by atoms with E-state index in [1.54, 1.807) is 0 Å². The highest BCUT2D eigenvalue weighted by Crippen LogP contribution is 1.93. The molecule has 0 amide bonds. The Hall–Kier alpha value is -0.130. The third kappa shape index (κ3) is 9.87. The Morgan fingerprint density at radius 3 is 2.25 bits per heavy atom. The molecule has 0 saturated carbocycles. The van der Waals surface area contributed by atoms with E-state index in [9.17, 15) is 8.42 Å². The summed E-state index contributed by atoms with van der Waals surface area (Å²) in [7, 11) is -3.28. The smallest absolute Gasteiger partial charge is 0.264 e. The Labute approximate surface area is 74.0 Å². The van der Waals surface area contributed by atoms with Gasteiger partial charge in [-0.1, -0.05) is 0 Å². The first-order valence-corrected chi connectivity index (χ1v) is 5.69. The second-order valence-electron chi connectivity index (χ2n) is 2.80. The molecule has 0 bridgehead atoms. The fraction of sp³-hybridized carbons (Fsp3) is 1.00. The summed E-state index contributed by atoms with van der Waals surface area (Å²) in [6, 6.07) is 0. The maximum atomic E-state index is 10.5. The third-order valence-corrected chi connectivity index (χ3v) is 1.63. The lowest BCUT2D eigenvalue weighted by Crippen LogP contribution is -2.09. The molecule has 0 spiro atoms. The van der Waals surface area contributed by atoms with Gasteiger partial charge in [0.25, 0.3) is 10.1 Å². The van der Waals surface area contributed by atoms with Crippen LogP contribution >= 0.6 is 0 Å². The lowest BCUT2D eigenvalue weighted by atomic mass is 10.4. The van der Waals surface area contributed by atoms with Crippen molar-refractivity contribution in [3.63, 3.8) is 0 Å². The molecule has 0 radical (unpaired) electrons. The van der Waals surface area contributed by atoms with Gasteiger partial charge in [0.05, 0.1) is 19.0 Å². The first-order chi connectivity index (χ1) is 5.42. The zero-order valence-electron chi connectivity index (χ0n) is 7.74. The van der Waals surface area contributed by atoms with Crippen molar-refractivity contribution in [2.45, 2.75) is 26.4 Å². The molecule has 0 rings (SSSR count). The number of rotatable bonds is 6. The fourth-order valence-corrected chi connectivity index (χ4v) is 1.01. The van der Waals surface area contributed by atoms with Crippen molar-refractivity contribution in [1.29, 1.82) is 0 Å². The van der Waals surface area contributed by atoms with Crippen molar-refractivity contribution in [3.05, 3.63) is 0 Å². The first kappa shape index (κ1) is 11.9. The lowest BCUT2D eigenvalue weighted by molar-refractivity contribution is 0.0701. The topological polar surface area (TPSA) is 52.6 Å². The van der Waals surface area contributed by atoms with Crippen LogP contribution in [0.4, 0.5) is 0 Å². The quantitative estimate of drug-likeness (QED) is 0.465. The molecule has 0 fully saturated rings. The molecule has 12 heavy (non-hydrogen) atoms. The van der Waals surface area contributed by atoms with E-state index in [2.05, 4.69) is 4.18 Å². The summed E-state index contributed by atoms with van der Waals surface area (Å²) in [5.41, 5.74) is 0. The molecule has 0 aliphatic carbocycles. The van der Waals surface area contributed by atoms with Crippen molar-refractivity contribution in [2.75, 3.05) is 19.5 Å². The number of hydrogen-bond donors (Lipinski definition) is 0. The van der Waals surface area contributed by atoms with E-state index in [1.165, 1.54) is 0 Å². The summed E-state index contributed by atoms with van der Waals surface area (Å²) in [5.74, 6) is 0. The molecule has 0 saturated heterocycles. The molecule has 0 aliphatic heterocycles. The highest BCUT2D eigenvalue weighted by molar-refractivity contribution is 7.85. The molecule has 0 heterocycles. The fourth-order valence-electron chi connectivity index (χ4n) is 0.588. The Balaban J connectivity index is 3.23. The van der Waals surface area contributed by atoms with E-state index < -0.39 is 10.1 Å². The van der Waals surface area contributed by atoms with E-state index in [1.807, 2.05) is 13.8 Å². The van der Waals surface area contributed by atoms with Crippen molar-refractivity contribution in [3.8, 4) is 0 Å². The third-order valence-electron chi connectivity index (χ3n) is 1.04. The van der Waals surface area contributed by atoms with Crippen molar-refractivity contribution < 1.29 is 17.3 Å². The zero-order chi connectivity index (χ0) is 9.61.